The fourth-order valence-corrected chi connectivity index (χ4v) is 1.95. The number of pyridine rings is 1. The molecule has 1 heterocycles. The van der Waals surface area contributed by atoms with E-state index in [1.165, 1.54) is 15.8 Å². The average molecular weight is 223 g/mol. The molecule has 1 heteroatoms. The quantitative estimate of drug-likeness (QED) is 0.763. The van der Waals surface area contributed by atoms with Gasteiger partial charge in [-0.25, -0.2) is 0 Å². The summed E-state index contributed by atoms with van der Waals surface area (Å²) in [4.78, 5) is 4.49. The monoisotopic (exact) mass is 223 g/mol. The molecular weight excluding hydrogens is 206 g/mol. The van der Waals surface area contributed by atoms with Gasteiger partial charge >= 0.3 is 0 Å². The third-order valence-corrected chi connectivity index (χ3v) is 2.72. The molecule has 0 saturated carbocycles. The Labute approximate surface area is 102 Å². The molecule has 0 fully saturated rings. The molecule has 0 unspecified atom stereocenters. The normalized spacial score (nSPS) is 14.0. The highest BCUT2D eigenvalue weighted by Crippen LogP contribution is 2.03. The van der Waals surface area contributed by atoms with Gasteiger partial charge in [0.15, 0.2) is 0 Å². The zero-order valence-corrected chi connectivity index (χ0v) is 10.4. The maximum Gasteiger partial charge on any atom is 0.0777 e. The molecule has 0 spiro atoms. The van der Waals surface area contributed by atoms with E-state index in [1.54, 1.807) is 0 Å². The lowest BCUT2D eigenvalue weighted by atomic mass is 10.1. The summed E-state index contributed by atoms with van der Waals surface area (Å²) in [5.74, 6) is 0. The second kappa shape index (κ2) is 5.44. The molecule has 0 atom stereocenters. The van der Waals surface area contributed by atoms with Gasteiger partial charge in [0.05, 0.1) is 5.52 Å². The van der Waals surface area contributed by atoms with Crippen molar-refractivity contribution < 1.29 is 0 Å². The maximum atomic E-state index is 4.49. The van der Waals surface area contributed by atoms with Crippen LogP contribution in [0.2, 0.25) is 0 Å². The molecule has 0 saturated heterocycles. The first-order chi connectivity index (χ1) is 8.36. The summed E-state index contributed by atoms with van der Waals surface area (Å²) >= 11 is 0. The van der Waals surface area contributed by atoms with Crippen molar-refractivity contribution in [2.75, 3.05) is 0 Å². The Hall–Kier alpha value is -1.89. The number of rotatable bonds is 2. The zero-order chi connectivity index (χ0) is 12.1. The van der Waals surface area contributed by atoms with E-state index in [1.807, 2.05) is 25.3 Å². The Morgan fingerprint density at radius 1 is 1.24 bits per heavy atom. The Balaban J connectivity index is 2.88. The van der Waals surface area contributed by atoms with Crippen molar-refractivity contribution in [3.8, 4) is 0 Å². The van der Waals surface area contributed by atoms with Crippen LogP contribution in [0.1, 0.15) is 20.3 Å². The van der Waals surface area contributed by atoms with Gasteiger partial charge in [0, 0.05) is 16.8 Å². The fraction of sp³-hybridized carbons (Fsp3) is 0.188. The smallest absolute Gasteiger partial charge is 0.0777 e. The topological polar surface area (TPSA) is 12.9 Å². The molecule has 0 amide bonds. The average Bonchev–Trinajstić information content (AvgIpc) is 2.38. The minimum Gasteiger partial charge on any atom is -0.256 e. The van der Waals surface area contributed by atoms with Crippen LogP contribution in [0, 0.1) is 0 Å². The van der Waals surface area contributed by atoms with E-state index in [0.717, 1.165) is 11.9 Å². The summed E-state index contributed by atoms with van der Waals surface area (Å²) in [5, 5.41) is 3.67. The Morgan fingerprint density at radius 2 is 2.12 bits per heavy atom. The van der Waals surface area contributed by atoms with Gasteiger partial charge in [-0.05, 0) is 24.6 Å². The highest BCUT2D eigenvalue weighted by Gasteiger charge is 1.95. The van der Waals surface area contributed by atoms with Crippen LogP contribution in [0.25, 0.3) is 23.1 Å². The third kappa shape index (κ3) is 2.44. The molecule has 0 bridgehead atoms. The van der Waals surface area contributed by atoms with Crippen molar-refractivity contribution in [1.29, 1.82) is 0 Å². The van der Waals surface area contributed by atoms with E-state index >= 15 is 0 Å². The number of nitrogens with zero attached hydrogens (tertiary/aromatic N) is 1. The zero-order valence-electron chi connectivity index (χ0n) is 10.4. The van der Waals surface area contributed by atoms with Gasteiger partial charge in [-0.1, -0.05) is 49.4 Å². The number of hydrogen-bond donors (Lipinski definition) is 0. The first-order valence-corrected chi connectivity index (χ1v) is 6.03. The van der Waals surface area contributed by atoms with Crippen molar-refractivity contribution in [3.63, 3.8) is 0 Å². The predicted molar refractivity (Wildman–Crippen MR) is 75.0 cm³/mol. The van der Waals surface area contributed by atoms with Crippen molar-refractivity contribution in [2.45, 2.75) is 20.3 Å². The van der Waals surface area contributed by atoms with Crippen LogP contribution in [0.3, 0.4) is 0 Å². The summed E-state index contributed by atoms with van der Waals surface area (Å²) in [5.41, 5.74) is 1.09. The Kier molecular flexibility index (Phi) is 3.71. The summed E-state index contributed by atoms with van der Waals surface area (Å²) < 4.78 is 0. The van der Waals surface area contributed by atoms with Gasteiger partial charge < -0.3 is 0 Å². The van der Waals surface area contributed by atoms with Gasteiger partial charge in [-0.15, -0.1) is 0 Å². The van der Waals surface area contributed by atoms with E-state index in [4.69, 9.17) is 0 Å². The largest absolute Gasteiger partial charge is 0.256 e. The molecule has 0 aliphatic heterocycles. The number of fused-ring (bicyclic) bond motifs is 1. The highest BCUT2D eigenvalue weighted by atomic mass is 14.6. The molecule has 17 heavy (non-hydrogen) atoms. The third-order valence-electron chi connectivity index (χ3n) is 2.72. The predicted octanol–water partition coefficient (Wildman–Crippen LogP) is 2.78. The fourth-order valence-electron chi connectivity index (χ4n) is 1.95. The van der Waals surface area contributed by atoms with E-state index in [0.29, 0.717) is 0 Å². The first kappa shape index (κ1) is 11.6. The Bertz CT molecular complexity index is 651. The lowest BCUT2D eigenvalue weighted by Crippen LogP contribution is -2.25. The van der Waals surface area contributed by atoms with Crippen LogP contribution < -0.4 is 10.4 Å². The maximum absolute atomic E-state index is 4.49. The molecule has 0 aliphatic carbocycles. The van der Waals surface area contributed by atoms with Crippen LogP contribution in [-0.4, -0.2) is 4.98 Å². The van der Waals surface area contributed by atoms with Crippen molar-refractivity contribution in [2.24, 2.45) is 0 Å². The summed E-state index contributed by atoms with van der Waals surface area (Å²) in [7, 11) is 0. The minimum absolute atomic E-state index is 1.02. The molecule has 0 N–H and O–H groups in total. The van der Waals surface area contributed by atoms with Gasteiger partial charge in [-0.2, -0.15) is 0 Å². The SMILES string of the molecule is C\C=C/C=c1/ccc2cccnc2/c1=C/CC. The van der Waals surface area contributed by atoms with Crippen LogP contribution >= 0.6 is 0 Å². The van der Waals surface area contributed by atoms with Gasteiger partial charge in [0.1, 0.15) is 0 Å². The van der Waals surface area contributed by atoms with Gasteiger partial charge in [0.25, 0.3) is 0 Å². The molecular formula is C16H17N. The second-order valence-corrected chi connectivity index (χ2v) is 3.95. The van der Waals surface area contributed by atoms with Gasteiger partial charge in [-0.3, -0.25) is 4.98 Å². The minimum atomic E-state index is 1.02. The number of hydrogen-bond acceptors (Lipinski definition) is 1. The molecule has 86 valence electrons. The lowest BCUT2D eigenvalue weighted by molar-refractivity contribution is 1.28. The summed E-state index contributed by atoms with van der Waals surface area (Å²) in [6.45, 7) is 4.18. The van der Waals surface area contributed by atoms with E-state index in [2.05, 4.69) is 48.3 Å². The Morgan fingerprint density at radius 3 is 2.88 bits per heavy atom. The van der Waals surface area contributed by atoms with Crippen molar-refractivity contribution in [3.05, 3.63) is 53.1 Å². The summed E-state index contributed by atoms with van der Waals surface area (Å²) in [6.07, 6.45) is 11.4. The van der Waals surface area contributed by atoms with E-state index in [9.17, 15) is 0 Å². The van der Waals surface area contributed by atoms with Crippen LogP contribution in [0.15, 0.2) is 42.6 Å². The number of benzene rings is 1. The number of aromatic nitrogens is 1. The van der Waals surface area contributed by atoms with E-state index < -0.39 is 0 Å². The molecule has 2 rings (SSSR count). The first-order valence-electron chi connectivity index (χ1n) is 6.03. The molecule has 1 aromatic carbocycles. The lowest BCUT2D eigenvalue weighted by Gasteiger charge is -1.98. The molecule has 1 nitrogen and oxygen atoms in total. The molecule has 0 radical (unpaired) electrons. The van der Waals surface area contributed by atoms with Gasteiger partial charge in [0.2, 0.25) is 0 Å². The van der Waals surface area contributed by atoms with Crippen LogP contribution in [0.5, 0.6) is 0 Å². The number of allylic oxidation sites excluding steroid dienone is 2. The van der Waals surface area contributed by atoms with Crippen LogP contribution in [-0.2, 0) is 0 Å². The summed E-state index contributed by atoms with van der Waals surface area (Å²) in [6, 6.07) is 8.37. The second-order valence-electron chi connectivity index (χ2n) is 3.95. The van der Waals surface area contributed by atoms with Crippen molar-refractivity contribution >= 4 is 23.1 Å². The highest BCUT2D eigenvalue weighted by molar-refractivity contribution is 5.79. The van der Waals surface area contributed by atoms with Crippen LogP contribution in [0.4, 0.5) is 0 Å². The molecule has 2 aromatic rings. The molecule has 0 aliphatic rings. The molecule has 1 aromatic heterocycles. The van der Waals surface area contributed by atoms with Crippen molar-refractivity contribution in [1.82, 2.24) is 4.98 Å². The van der Waals surface area contributed by atoms with E-state index in [-0.39, 0.29) is 0 Å². The standard InChI is InChI=1S/C16H17N/c1-3-5-8-13-10-11-14-9-6-12-17-16(14)15(13)7-4-2/h3,5-12H,4H2,1-2H3/b5-3-,13-8-,15-7+.